The minimum atomic E-state index is -3.64. The first-order valence-electron chi connectivity index (χ1n) is 8.30. The summed E-state index contributed by atoms with van der Waals surface area (Å²) in [4.78, 5) is 14.3. The molecule has 138 valence electrons. The molecule has 2 fully saturated rings. The molecule has 1 aromatic carbocycles. The van der Waals surface area contributed by atoms with Crippen LogP contribution in [0.1, 0.15) is 29.6 Å². The number of carbonyl (C=O) groups is 1. The number of anilines is 1. The molecule has 0 saturated carbocycles. The van der Waals surface area contributed by atoms with Gasteiger partial charge in [0.1, 0.15) is 0 Å². The van der Waals surface area contributed by atoms with Crippen molar-refractivity contribution in [2.75, 3.05) is 38.0 Å². The summed E-state index contributed by atoms with van der Waals surface area (Å²) in [6, 6.07) is 4.61. The van der Waals surface area contributed by atoms with Crippen molar-refractivity contribution < 1.29 is 17.9 Å². The van der Waals surface area contributed by atoms with Crippen molar-refractivity contribution in [2.24, 2.45) is 0 Å². The van der Waals surface area contributed by atoms with Crippen molar-refractivity contribution in [3.05, 3.63) is 28.8 Å². The van der Waals surface area contributed by atoms with Crippen LogP contribution in [0.3, 0.4) is 0 Å². The highest BCUT2D eigenvalue weighted by Crippen LogP contribution is 2.25. The second kappa shape index (κ2) is 7.49. The fourth-order valence-electron chi connectivity index (χ4n) is 2.98. The van der Waals surface area contributed by atoms with Crippen molar-refractivity contribution in [1.29, 1.82) is 0 Å². The number of piperidine rings is 1. The standard InChI is InChI=1S/C16H22ClN3O4S/c1-24-13-10-20(11-13)25(22,23)18-12-5-6-14(15(17)9-12)16(21)19-7-3-2-4-8-19/h5-6,9,13,18H,2-4,7-8,10-11H2,1H3. The first kappa shape index (κ1) is 18.4. The van der Waals surface area contributed by atoms with Gasteiger partial charge in [0.05, 0.1) is 22.4 Å². The number of likely N-dealkylation sites (tertiary alicyclic amines) is 1. The van der Waals surface area contributed by atoms with Gasteiger partial charge in [-0.05, 0) is 37.5 Å². The summed E-state index contributed by atoms with van der Waals surface area (Å²) in [6.45, 7) is 2.12. The van der Waals surface area contributed by atoms with Crippen LogP contribution in [0.25, 0.3) is 0 Å². The Bertz CT molecular complexity index is 744. The Balaban J connectivity index is 1.68. The molecule has 2 saturated heterocycles. The summed E-state index contributed by atoms with van der Waals surface area (Å²) in [6.07, 6.45) is 3.07. The fraction of sp³-hybridized carbons (Fsp3) is 0.562. The van der Waals surface area contributed by atoms with Crippen LogP contribution in [0.5, 0.6) is 0 Å². The quantitative estimate of drug-likeness (QED) is 0.837. The SMILES string of the molecule is COC1CN(S(=O)(=O)Nc2ccc(C(=O)N3CCCCC3)c(Cl)c2)C1. The largest absolute Gasteiger partial charge is 0.379 e. The smallest absolute Gasteiger partial charge is 0.301 e. The Morgan fingerprint density at radius 1 is 1.24 bits per heavy atom. The molecule has 0 aromatic heterocycles. The number of ether oxygens (including phenoxy) is 1. The number of nitrogens with one attached hydrogen (secondary N) is 1. The monoisotopic (exact) mass is 387 g/mol. The molecule has 0 spiro atoms. The molecule has 25 heavy (non-hydrogen) atoms. The number of rotatable bonds is 5. The van der Waals surface area contributed by atoms with E-state index in [1.165, 1.54) is 10.4 Å². The van der Waals surface area contributed by atoms with Crippen molar-refractivity contribution in [2.45, 2.75) is 25.4 Å². The Hall–Kier alpha value is -1.35. The fourth-order valence-corrected chi connectivity index (χ4v) is 4.52. The lowest BCUT2D eigenvalue weighted by atomic mass is 10.1. The normalized spacial score (nSPS) is 19.5. The number of amides is 1. The lowest BCUT2D eigenvalue weighted by Crippen LogP contribution is -2.55. The maximum absolute atomic E-state index is 12.5. The van der Waals surface area contributed by atoms with E-state index in [0.717, 1.165) is 32.4 Å². The molecule has 1 amide bonds. The van der Waals surface area contributed by atoms with Gasteiger partial charge in [-0.25, -0.2) is 0 Å². The van der Waals surface area contributed by atoms with Crippen LogP contribution >= 0.6 is 11.6 Å². The molecule has 0 aliphatic carbocycles. The van der Waals surface area contributed by atoms with Crippen LogP contribution in [0.4, 0.5) is 5.69 Å². The third kappa shape index (κ3) is 4.08. The number of methoxy groups -OCH3 is 1. The maximum Gasteiger partial charge on any atom is 0.301 e. The Kier molecular flexibility index (Phi) is 5.52. The third-order valence-corrected chi connectivity index (χ3v) is 6.36. The maximum atomic E-state index is 12.5. The zero-order valence-corrected chi connectivity index (χ0v) is 15.6. The van der Waals surface area contributed by atoms with Crippen LogP contribution in [0, 0.1) is 0 Å². The number of halogens is 1. The summed E-state index contributed by atoms with van der Waals surface area (Å²) in [5.41, 5.74) is 0.732. The predicted molar refractivity (Wildman–Crippen MR) is 96.1 cm³/mol. The minimum absolute atomic E-state index is 0.0651. The summed E-state index contributed by atoms with van der Waals surface area (Å²) in [5.74, 6) is -0.107. The van der Waals surface area contributed by atoms with Gasteiger partial charge in [0.15, 0.2) is 0 Å². The van der Waals surface area contributed by atoms with Crippen molar-refractivity contribution in [3.63, 3.8) is 0 Å². The molecule has 2 heterocycles. The zero-order chi connectivity index (χ0) is 18.0. The summed E-state index contributed by atoms with van der Waals surface area (Å²) < 4.78 is 33.4. The number of nitrogens with zero attached hydrogens (tertiary/aromatic N) is 2. The summed E-state index contributed by atoms with van der Waals surface area (Å²) in [5, 5.41) is 0.245. The van der Waals surface area contributed by atoms with Gasteiger partial charge in [0.2, 0.25) is 0 Å². The highest BCUT2D eigenvalue weighted by molar-refractivity contribution is 7.90. The highest BCUT2D eigenvalue weighted by Gasteiger charge is 2.36. The second-order valence-corrected chi connectivity index (χ2v) is 8.41. The van der Waals surface area contributed by atoms with Gasteiger partial charge in [-0.2, -0.15) is 12.7 Å². The molecule has 7 nitrogen and oxygen atoms in total. The molecule has 0 radical (unpaired) electrons. The molecule has 0 unspecified atom stereocenters. The van der Waals surface area contributed by atoms with E-state index in [0.29, 0.717) is 24.3 Å². The predicted octanol–water partition coefficient (Wildman–Crippen LogP) is 1.95. The van der Waals surface area contributed by atoms with Crippen molar-refractivity contribution >= 4 is 33.4 Å². The summed E-state index contributed by atoms with van der Waals surface area (Å²) >= 11 is 6.23. The van der Waals surface area contributed by atoms with Crippen molar-refractivity contribution in [3.8, 4) is 0 Å². The minimum Gasteiger partial charge on any atom is -0.379 e. The number of hydrogen-bond acceptors (Lipinski definition) is 4. The van der Waals surface area contributed by atoms with Gasteiger partial charge in [-0.15, -0.1) is 0 Å². The molecule has 0 bridgehead atoms. The molecular formula is C16H22ClN3O4S. The number of carbonyl (C=O) groups excluding carboxylic acids is 1. The van der Waals surface area contributed by atoms with E-state index in [-0.39, 0.29) is 17.0 Å². The highest BCUT2D eigenvalue weighted by atomic mass is 35.5. The van der Waals surface area contributed by atoms with Gasteiger partial charge in [0, 0.05) is 33.3 Å². The molecule has 1 aromatic rings. The average Bonchev–Trinajstić information content (AvgIpc) is 2.53. The molecule has 9 heteroatoms. The molecule has 0 atom stereocenters. The van der Waals surface area contributed by atoms with E-state index < -0.39 is 10.2 Å². The molecule has 2 aliphatic rings. The van der Waals surface area contributed by atoms with Gasteiger partial charge in [-0.1, -0.05) is 11.6 Å². The first-order chi connectivity index (χ1) is 11.9. The van der Waals surface area contributed by atoms with Gasteiger partial charge in [0.25, 0.3) is 5.91 Å². The first-order valence-corrected chi connectivity index (χ1v) is 10.1. The molecular weight excluding hydrogens is 366 g/mol. The van der Waals surface area contributed by atoms with Crippen LogP contribution in [0.2, 0.25) is 5.02 Å². The molecule has 3 rings (SSSR count). The summed E-state index contributed by atoms with van der Waals surface area (Å²) in [7, 11) is -2.09. The van der Waals surface area contributed by atoms with E-state index in [1.54, 1.807) is 24.1 Å². The Morgan fingerprint density at radius 3 is 2.52 bits per heavy atom. The van der Waals surface area contributed by atoms with E-state index >= 15 is 0 Å². The Morgan fingerprint density at radius 2 is 1.92 bits per heavy atom. The zero-order valence-electron chi connectivity index (χ0n) is 14.1. The van der Waals surface area contributed by atoms with Crippen LogP contribution in [-0.4, -0.2) is 62.9 Å². The van der Waals surface area contributed by atoms with Gasteiger partial charge >= 0.3 is 10.2 Å². The van der Waals surface area contributed by atoms with Gasteiger partial charge in [-0.3, -0.25) is 9.52 Å². The van der Waals surface area contributed by atoms with Crippen LogP contribution in [-0.2, 0) is 14.9 Å². The lowest BCUT2D eigenvalue weighted by Gasteiger charge is -2.36. The second-order valence-electron chi connectivity index (χ2n) is 6.33. The molecule has 2 aliphatic heterocycles. The lowest BCUT2D eigenvalue weighted by molar-refractivity contribution is 0.0128. The number of hydrogen-bond donors (Lipinski definition) is 1. The average molecular weight is 388 g/mol. The van der Waals surface area contributed by atoms with Crippen LogP contribution in [0.15, 0.2) is 18.2 Å². The van der Waals surface area contributed by atoms with E-state index in [1.807, 2.05) is 0 Å². The number of benzene rings is 1. The Labute approximate surface area is 153 Å². The van der Waals surface area contributed by atoms with Crippen molar-refractivity contribution in [1.82, 2.24) is 9.21 Å². The van der Waals surface area contributed by atoms with E-state index in [2.05, 4.69) is 4.72 Å². The van der Waals surface area contributed by atoms with E-state index in [4.69, 9.17) is 16.3 Å². The third-order valence-electron chi connectivity index (χ3n) is 4.58. The van der Waals surface area contributed by atoms with E-state index in [9.17, 15) is 13.2 Å². The van der Waals surface area contributed by atoms with Gasteiger partial charge < -0.3 is 9.64 Å². The topological polar surface area (TPSA) is 79.0 Å². The molecule has 1 N–H and O–H groups in total. The van der Waals surface area contributed by atoms with Crippen LogP contribution < -0.4 is 4.72 Å².